The Morgan fingerprint density at radius 3 is 2.17 bits per heavy atom. The summed E-state index contributed by atoms with van der Waals surface area (Å²) in [4.78, 5) is 57.3. The summed E-state index contributed by atoms with van der Waals surface area (Å²) in [5.74, 6) is -3.84. The molecular weight excluding hydrogens is 600 g/mol. The summed E-state index contributed by atoms with van der Waals surface area (Å²) in [6.07, 6.45) is 20.2. The van der Waals surface area contributed by atoms with Gasteiger partial charge in [-0.05, 0) is 25.7 Å². The van der Waals surface area contributed by atoms with E-state index in [1.807, 2.05) is 37.3 Å². The Hall–Kier alpha value is -4.37. The Labute approximate surface area is 269 Å². The lowest BCUT2D eigenvalue weighted by Gasteiger charge is -2.25. The van der Waals surface area contributed by atoms with Crippen LogP contribution < -0.4 is 21.7 Å². The molecule has 2 amide bonds. The molecule has 256 valence electrons. The maximum atomic E-state index is 12.6. The summed E-state index contributed by atoms with van der Waals surface area (Å²) in [6, 6.07) is -2.10. The van der Waals surface area contributed by atoms with Gasteiger partial charge in [0.1, 0.15) is 12.6 Å². The lowest BCUT2D eigenvalue weighted by molar-refractivity contribution is -0.139. The molecule has 0 aliphatic carbocycles. The molecule has 9 N–H and O–H groups in total. The lowest BCUT2D eigenvalue weighted by atomic mass is 10.0. The van der Waals surface area contributed by atoms with Gasteiger partial charge in [0.2, 0.25) is 11.8 Å². The van der Waals surface area contributed by atoms with Crippen molar-refractivity contribution in [1.29, 1.82) is 0 Å². The first-order valence-electron chi connectivity index (χ1n) is 14.9. The number of ether oxygens (including phenoxy) is 1. The van der Waals surface area contributed by atoms with Crippen LogP contribution in [0.2, 0.25) is 0 Å². The zero-order valence-electron chi connectivity index (χ0n) is 26.1. The van der Waals surface area contributed by atoms with Gasteiger partial charge in [-0.1, -0.05) is 79.8 Å². The molecule has 0 rings (SSSR count). The van der Waals surface area contributed by atoms with E-state index in [0.29, 0.717) is 12.8 Å². The average Bonchev–Trinajstić information content (AvgIpc) is 3.01. The number of aliphatic hydroxyl groups excluding tert-OH is 2. The van der Waals surface area contributed by atoms with Gasteiger partial charge < -0.3 is 41.1 Å². The van der Waals surface area contributed by atoms with E-state index in [1.165, 1.54) is 0 Å². The van der Waals surface area contributed by atoms with Gasteiger partial charge in [0.05, 0.1) is 18.2 Å². The maximum Gasteiger partial charge on any atom is 0.322 e. The van der Waals surface area contributed by atoms with E-state index >= 15 is 0 Å². The number of aliphatic carboxylic acids is 2. The van der Waals surface area contributed by atoms with Gasteiger partial charge in [-0.3, -0.25) is 29.7 Å². The number of hydrogen-bond donors (Lipinski definition) is 8. The predicted octanol–water partition coefficient (Wildman–Crippen LogP) is 0.982. The molecule has 0 saturated heterocycles. The summed E-state index contributed by atoms with van der Waals surface area (Å²) < 4.78 is 4.52. The number of nitrogens with one attached hydrogen (secondary N) is 3. The SMILES string of the molecule is CC/C=C\C[C@H](O)/C=C/C=C\C\C=C/C=C/C=C/[C@@H](NC[C@H](NC(=O)CC[C@H](N)OC=O)C(=O)NCC(=O)O)[C@@H](O)CCC(=O)O. The molecule has 0 aliphatic rings. The minimum atomic E-state index is -1.30. The molecule has 0 spiro atoms. The molecule has 0 unspecified atom stereocenters. The predicted molar refractivity (Wildman–Crippen MR) is 172 cm³/mol. The molecule has 14 nitrogen and oxygen atoms in total. The van der Waals surface area contributed by atoms with Crippen molar-refractivity contribution in [2.75, 3.05) is 13.1 Å². The average molecular weight is 649 g/mol. The van der Waals surface area contributed by atoms with Crippen LogP contribution >= 0.6 is 0 Å². The van der Waals surface area contributed by atoms with Crippen LogP contribution in [-0.4, -0.2) is 94.3 Å². The normalized spacial score (nSPS) is 15.5. The van der Waals surface area contributed by atoms with Crippen LogP contribution in [0.15, 0.2) is 72.9 Å². The second-order valence-corrected chi connectivity index (χ2v) is 9.90. The first-order chi connectivity index (χ1) is 22.0. The van der Waals surface area contributed by atoms with Crippen LogP contribution in [0.5, 0.6) is 0 Å². The summed E-state index contributed by atoms with van der Waals surface area (Å²) in [7, 11) is 0. The molecule has 0 radical (unpaired) electrons. The molecule has 5 atom stereocenters. The van der Waals surface area contributed by atoms with Crippen molar-refractivity contribution in [3.63, 3.8) is 0 Å². The molecule has 0 aromatic heterocycles. The number of rotatable bonds is 26. The highest BCUT2D eigenvalue weighted by molar-refractivity contribution is 5.89. The van der Waals surface area contributed by atoms with E-state index in [2.05, 4.69) is 20.7 Å². The molecule has 0 aliphatic heterocycles. The first-order valence-corrected chi connectivity index (χ1v) is 14.9. The highest BCUT2D eigenvalue weighted by Gasteiger charge is 2.24. The fourth-order valence-electron chi connectivity index (χ4n) is 3.59. The molecule has 0 aromatic rings. The van der Waals surface area contributed by atoms with E-state index in [0.717, 1.165) is 6.42 Å². The zero-order chi connectivity index (χ0) is 34.6. The van der Waals surface area contributed by atoms with Crippen molar-refractivity contribution in [2.24, 2.45) is 5.73 Å². The largest absolute Gasteiger partial charge is 0.481 e. The van der Waals surface area contributed by atoms with Gasteiger partial charge in [0, 0.05) is 25.8 Å². The van der Waals surface area contributed by atoms with Crippen LogP contribution in [0.4, 0.5) is 0 Å². The fourth-order valence-corrected chi connectivity index (χ4v) is 3.59. The van der Waals surface area contributed by atoms with Gasteiger partial charge in [-0.15, -0.1) is 0 Å². The Balaban J connectivity index is 5.30. The minimum absolute atomic E-state index is 0.0316. The minimum Gasteiger partial charge on any atom is -0.481 e. The maximum absolute atomic E-state index is 12.6. The van der Waals surface area contributed by atoms with Gasteiger partial charge in [-0.2, -0.15) is 0 Å². The number of nitrogens with two attached hydrogens (primary N) is 1. The number of allylic oxidation sites excluding steroid dienone is 9. The summed E-state index contributed by atoms with van der Waals surface area (Å²) in [6.45, 7) is 1.23. The smallest absolute Gasteiger partial charge is 0.322 e. The van der Waals surface area contributed by atoms with Crippen molar-refractivity contribution in [3.8, 4) is 0 Å². The number of aliphatic hydroxyl groups is 2. The second kappa shape index (κ2) is 27.0. The highest BCUT2D eigenvalue weighted by Crippen LogP contribution is 2.06. The third-order valence-corrected chi connectivity index (χ3v) is 6.00. The highest BCUT2D eigenvalue weighted by atomic mass is 16.5. The Kier molecular flexibility index (Phi) is 24.4. The standard InChI is InChI=1S/C32H48N4O10/c1-2-3-11-14-24(38)15-12-9-7-5-4-6-8-10-13-16-25(27(39)17-20-30(41)42)34-21-26(32(45)35-22-31(43)44)36-29(40)19-18-28(33)46-23-37/h3-4,6-13,15-16,23-28,34,38-39H,2,5,14,17-22,33H2,1H3,(H,35,45)(H,36,40)(H,41,42)(H,43,44)/b6-4-,9-7-,10-8+,11-3-,15-12+,16-13+/t24-,25+,26-,27-,28+/m0/s1. The molecule has 0 aromatic carbocycles. The number of amides is 2. The van der Waals surface area contributed by atoms with Gasteiger partial charge in [-0.25, -0.2) is 0 Å². The monoisotopic (exact) mass is 648 g/mol. The van der Waals surface area contributed by atoms with Crippen molar-refractivity contribution in [1.82, 2.24) is 16.0 Å². The summed E-state index contributed by atoms with van der Waals surface area (Å²) in [5.41, 5.74) is 5.53. The van der Waals surface area contributed by atoms with Crippen molar-refractivity contribution < 1.29 is 49.1 Å². The lowest BCUT2D eigenvalue weighted by Crippen LogP contribution is -2.55. The molecule has 0 bridgehead atoms. The van der Waals surface area contributed by atoms with Gasteiger partial charge >= 0.3 is 11.9 Å². The summed E-state index contributed by atoms with van der Waals surface area (Å²) in [5, 5.41) is 45.9. The number of carboxylic acid groups (broad SMARTS) is 2. The Morgan fingerprint density at radius 2 is 1.52 bits per heavy atom. The number of carboxylic acids is 2. The van der Waals surface area contributed by atoms with Crippen molar-refractivity contribution in [2.45, 2.75) is 82.4 Å². The van der Waals surface area contributed by atoms with Crippen LogP contribution in [0, 0.1) is 0 Å². The number of hydrogen-bond acceptors (Lipinski definition) is 10. The quantitative estimate of drug-likeness (QED) is 0.0284. The van der Waals surface area contributed by atoms with Crippen LogP contribution in [0.1, 0.15) is 51.9 Å². The van der Waals surface area contributed by atoms with E-state index in [-0.39, 0.29) is 38.7 Å². The van der Waals surface area contributed by atoms with E-state index < -0.39 is 60.8 Å². The summed E-state index contributed by atoms with van der Waals surface area (Å²) >= 11 is 0. The molecule has 14 heteroatoms. The third-order valence-electron chi connectivity index (χ3n) is 6.00. The fraction of sp³-hybridized carbons (Fsp3) is 0.469. The van der Waals surface area contributed by atoms with Gasteiger partial charge in [0.15, 0.2) is 6.23 Å². The number of carbonyl (C=O) groups excluding carboxylic acids is 3. The molecular formula is C32H48N4O10. The van der Waals surface area contributed by atoms with E-state index in [9.17, 15) is 34.2 Å². The van der Waals surface area contributed by atoms with E-state index in [1.54, 1.807) is 42.5 Å². The molecule has 0 fully saturated rings. The van der Waals surface area contributed by atoms with Crippen LogP contribution in [-0.2, 0) is 28.7 Å². The third kappa shape index (κ3) is 24.0. The second-order valence-electron chi connectivity index (χ2n) is 9.90. The van der Waals surface area contributed by atoms with Crippen molar-refractivity contribution in [3.05, 3.63) is 72.9 Å². The van der Waals surface area contributed by atoms with Crippen molar-refractivity contribution >= 4 is 30.2 Å². The molecule has 46 heavy (non-hydrogen) atoms. The van der Waals surface area contributed by atoms with Crippen LogP contribution in [0.3, 0.4) is 0 Å². The van der Waals surface area contributed by atoms with E-state index in [4.69, 9.17) is 15.9 Å². The first kappa shape index (κ1) is 41.6. The topological polar surface area (TPSA) is 238 Å². The Morgan fingerprint density at radius 1 is 0.848 bits per heavy atom. The molecule has 0 saturated carbocycles. The number of carbonyl (C=O) groups is 5. The van der Waals surface area contributed by atoms with Gasteiger partial charge in [0.25, 0.3) is 6.47 Å². The zero-order valence-corrected chi connectivity index (χ0v) is 26.1. The molecule has 0 heterocycles. The van der Waals surface area contributed by atoms with Crippen LogP contribution in [0.25, 0.3) is 0 Å². The Bertz CT molecular complexity index is 1100.